The summed E-state index contributed by atoms with van der Waals surface area (Å²) in [5.74, 6) is 0.798. The number of rotatable bonds is 1. The van der Waals surface area contributed by atoms with Crippen molar-refractivity contribution < 1.29 is 9.94 Å². The lowest BCUT2D eigenvalue weighted by atomic mass is 10.0. The van der Waals surface area contributed by atoms with E-state index in [1.807, 2.05) is 19.9 Å². The normalized spacial score (nSPS) is 17.4. The molecule has 0 saturated carbocycles. The van der Waals surface area contributed by atoms with E-state index in [1.54, 1.807) is 12.1 Å². The van der Waals surface area contributed by atoms with Gasteiger partial charge in [-0.3, -0.25) is 5.21 Å². The molecule has 0 atom stereocenters. The van der Waals surface area contributed by atoms with Crippen LogP contribution in [0.25, 0.3) is 0 Å². The Bertz CT molecular complexity index is 363. The summed E-state index contributed by atoms with van der Waals surface area (Å²) in [6.45, 7) is 4.06. The summed E-state index contributed by atoms with van der Waals surface area (Å²) in [5.41, 5.74) is 1.51. The third-order valence-electron chi connectivity index (χ3n) is 2.27. The molecule has 1 aliphatic rings. The van der Waals surface area contributed by atoms with Crippen molar-refractivity contribution in [3.8, 4) is 5.75 Å². The molecule has 14 heavy (non-hydrogen) atoms. The maximum Gasteiger partial charge on any atom is 0.125 e. The summed E-state index contributed by atoms with van der Waals surface area (Å²) in [4.78, 5) is 0. The zero-order chi connectivity index (χ0) is 10.3. The summed E-state index contributed by atoms with van der Waals surface area (Å²) < 4.78 is 6.25. The van der Waals surface area contributed by atoms with E-state index in [-0.39, 0.29) is 5.60 Å². The van der Waals surface area contributed by atoms with Gasteiger partial charge in [-0.25, -0.2) is 0 Å². The lowest BCUT2D eigenvalue weighted by molar-refractivity contribution is 0.138. The monoisotopic (exact) mass is 213 g/mol. The average Bonchev–Trinajstić information content (AvgIpc) is 2.36. The maximum atomic E-state index is 9.03. The van der Waals surface area contributed by atoms with Crippen LogP contribution in [0.4, 0.5) is 5.69 Å². The van der Waals surface area contributed by atoms with Gasteiger partial charge in [0.15, 0.2) is 0 Å². The van der Waals surface area contributed by atoms with Gasteiger partial charge in [-0.2, -0.15) is 4.58 Å². The van der Waals surface area contributed by atoms with E-state index >= 15 is 0 Å². The fourth-order valence-electron chi connectivity index (χ4n) is 1.69. The highest BCUT2D eigenvalue weighted by molar-refractivity contribution is 6.24. The van der Waals surface area contributed by atoms with Gasteiger partial charge in [-0.15, -0.1) is 0 Å². The molecule has 1 N–H and O–H groups in total. The summed E-state index contributed by atoms with van der Waals surface area (Å²) in [7, 11) is 0. The highest BCUT2D eigenvalue weighted by Gasteiger charge is 2.30. The Kier molecular flexibility index (Phi) is 2.09. The zero-order valence-electron chi connectivity index (χ0n) is 8.12. The van der Waals surface area contributed by atoms with Crippen LogP contribution in [0.5, 0.6) is 5.75 Å². The van der Waals surface area contributed by atoms with Crippen LogP contribution in [0.2, 0.25) is 0 Å². The van der Waals surface area contributed by atoms with Crippen LogP contribution in [-0.2, 0) is 6.42 Å². The second-order valence-corrected chi connectivity index (χ2v) is 4.41. The third kappa shape index (κ3) is 1.65. The minimum Gasteiger partial charge on any atom is -0.487 e. The summed E-state index contributed by atoms with van der Waals surface area (Å²) >= 11 is 5.41. The minimum absolute atomic E-state index is 0.159. The molecule has 0 aliphatic carbocycles. The van der Waals surface area contributed by atoms with Crippen LogP contribution in [-0.4, -0.2) is 10.8 Å². The lowest BCUT2D eigenvalue weighted by Crippen LogP contribution is -2.24. The van der Waals surface area contributed by atoms with E-state index < -0.39 is 0 Å². The van der Waals surface area contributed by atoms with Crippen LogP contribution in [0, 0.1) is 0 Å². The lowest BCUT2D eigenvalue weighted by Gasteiger charge is -2.17. The SMILES string of the molecule is CC1(C)Cc2ccc(N(O)Cl)cc2O1. The molecule has 1 heterocycles. The summed E-state index contributed by atoms with van der Waals surface area (Å²) in [6.07, 6.45) is 0.885. The quantitative estimate of drug-likeness (QED) is 0.575. The predicted octanol–water partition coefficient (Wildman–Crippen LogP) is 2.75. The van der Waals surface area contributed by atoms with Crippen molar-refractivity contribution in [2.75, 3.05) is 4.58 Å². The molecule has 3 nitrogen and oxygen atoms in total. The Morgan fingerprint density at radius 1 is 1.50 bits per heavy atom. The number of benzene rings is 1. The zero-order valence-corrected chi connectivity index (χ0v) is 8.88. The number of hydrogen-bond acceptors (Lipinski definition) is 3. The topological polar surface area (TPSA) is 32.7 Å². The Hall–Kier alpha value is -0.930. The molecule has 4 heteroatoms. The van der Waals surface area contributed by atoms with Gasteiger partial charge in [0.2, 0.25) is 0 Å². The van der Waals surface area contributed by atoms with Gasteiger partial charge in [0.1, 0.15) is 11.4 Å². The molecule has 1 aliphatic heterocycles. The Balaban J connectivity index is 2.36. The molecule has 0 radical (unpaired) electrons. The number of nitrogens with zero attached hydrogens (tertiary/aromatic N) is 1. The molecular formula is C10H12ClNO2. The van der Waals surface area contributed by atoms with E-state index in [1.165, 1.54) is 0 Å². The highest BCUT2D eigenvalue weighted by Crippen LogP contribution is 2.37. The number of hydrogen-bond donors (Lipinski definition) is 1. The fraction of sp³-hybridized carbons (Fsp3) is 0.400. The molecule has 2 rings (SSSR count). The Morgan fingerprint density at radius 2 is 2.21 bits per heavy atom. The van der Waals surface area contributed by atoms with Gasteiger partial charge in [0.05, 0.1) is 5.69 Å². The number of ether oxygens (including phenoxy) is 1. The molecule has 76 valence electrons. The molecule has 1 aromatic rings. The second-order valence-electron chi connectivity index (χ2n) is 4.09. The first kappa shape index (κ1) is 9.62. The fourth-order valence-corrected chi connectivity index (χ4v) is 1.80. The molecule has 1 aromatic carbocycles. The van der Waals surface area contributed by atoms with Crippen molar-refractivity contribution in [3.05, 3.63) is 23.8 Å². The van der Waals surface area contributed by atoms with Crippen molar-refractivity contribution in [1.82, 2.24) is 0 Å². The smallest absolute Gasteiger partial charge is 0.125 e. The van der Waals surface area contributed by atoms with Crippen molar-refractivity contribution in [2.24, 2.45) is 0 Å². The Labute approximate surface area is 87.9 Å². The van der Waals surface area contributed by atoms with Gasteiger partial charge in [0.25, 0.3) is 0 Å². The van der Waals surface area contributed by atoms with Crippen LogP contribution >= 0.6 is 11.8 Å². The molecule has 0 amide bonds. The van der Waals surface area contributed by atoms with Crippen molar-refractivity contribution in [1.29, 1.82) is 0 Å². The standard InChI is InChI=1S/C10H12ClNO2/c1-10(2)6-7-3-4-8(12(11)13)5-9(7)14-10/h3-5,13H,6H2,1-2H3. The predicted molar refractivity (Wildman–Crippen MR) is 55.0 cm³/mol. The molecular weight excluding hydrogens is 202 g/mol. The van der Waals surface area contributed by atoms with E-state index in [9.17, 15) is 0 Å². The number of fused-ring (bicyclic) bond motifs is 1. The van der Waals surface area contributed by atoms with E-state index in [2.05, 4.69) is 0 Å². The first-order valence-corrected chi connectivity index (χ1v) is 4.78. The number of anilines is 1. The van der Waals surface area contributed by atoms with E-state index in [4.69, 9.17) is 21.7 Å². The molecule has 0 spiro atoms. The highest BCUT2D eigenvalue weighted by atomic mass is 35.5. The van der Waals surface area contributed by atoms with Crippen LogP contribution in [0.1, 0.15) is 19.4 Å². The first-order valence-electron chi connectivity index (χ1n) is 4.45. The average molecular weight is 214 g/mol. The maximum absolute atomic E-state index is 9.03. The largest absolute Gasteiger partial charge is 0.487 e. The van der Waals surface area contributed by atoms with Gasteiger partial charge in [-0.1, -0.05) is 6.07 Å². The Morgan fingerprint density at radius 3 is 2.86 bits per heavy atom. The molecule has 0 aromatic heterocycles. The summed E-state index contributed by atoms with van der Waals surface area (Å²) in [5, 5.41) is 9.03. The molecule has 0 unspecified atom stereocenters. The van der Waals surface area contributed by atoms with Crippen LogP contribution in [0.15, 0.2) is 18.2 Å². The van der Waals surface area contributed by atoms with Crippen LogP contribution < -0.4 is 9.32 Å². The minimum atomic E-state index is -0.159. The number of halogens is 1. The molecule has 0 fully saturated rings. The molecule has 0 bridgehead atoms. The second kappa shape index (κ2) is 3.04. The van der Waals surface area contributed by atoms with Crippen molar-refractivity contribution >= 4 is 17.5 Å². The van der Waals surface area contributed by atoms with Gasteiger partial charge >= 0.3 is 0 Å². The van der Waals surface area contributed by atoms with E-state index in [0.29, 0.717) is 10.3 Å². The third-order valence-corrected chi connectivity index (χ3v) is 2.46. The first-order chi connectivity index (χ1) is 6.48. The van der Waals surface area contributed by atoms with Crippen LogP contribution in [0.3, 0.4) is 0 Å². The summed E-state index contributed by atoms with van der Waals surface area (Å²) in [6, 6.07) is 5.42. The van der Waals surface area contributed by atoms with Gasteiger partial charge < -0.3 is 4.74 Å². The van der Waals surface area contributed by atoms with Crippen molar-refractivity contribution in [2.45, 2.75) is 25.9 Å². The molecule has 0 saturated heterocycles. The van der Waals surface area contributed by atoms with Crippen molar-refractivity contribution in [3.63, 3.8) is 0 Å². The van der Waals surface area contributed by atoms with Gasteiger partial charge in [-0.05, 0) is 25.5 Å². The van der Waals surface area contributed by atoms with E-state index in [0.717, 1.165) is 17.7 Å². The van der Waals surface area contributed by atoms with Gasteiger partial charge in [0, 0.05) is 24.3 Å².